The second-order valence-electron chi connectivity index (χ2n) is 8.02. The molecule has 1 spiro atoms. The fraction of sp³-hybridized carbons (Fsp3) is 0.391. The smallest absolute Gasteiger partial charge is 0.219 e. The van der Waals surface area contributed by atoms with Gasteiger partial charge in [-0.05, 0) is 12.1 Å². The summed E-state index contributed by atoms with van der Waals surface area (Å²) in [5.74, 6) is 1.61. The molecule has 0 N–H and O–H groups in total. The maximum atomic E-state index is 11.9. The summed E-state index contributed by atoms with van der Waals surface area (Å²) in [6.45, 7) is 2.89. The average Bonchev–Trinajstić information content (AvgIpc) is 3.21. The number of carbonyl (C=O) groups is 1. The number of hydrazone groups is 1. The summed E-state index contributed by atoms with van der Waals surface area (Å²) in [5.41, 5.74) is 2.37. The van der Waals surface area contributed by atoms with Crippen LogP contribution in [0.3, 0.4) is 0 Å². The van der Waals surface area contributed by atoms with Crippen LogP contribution in [-0.2, 0) is 4.79 Å². The normalized spacial score (nSPS) is 21.6. The van der Waals surface area contributed by atoms with E-state index in [1.807, 2.05) is 41.3 Å². The molecule has 6 nitrogen and oxygen atoms in total. The third kappa shape index (κ3) is 2.93. The second kappa shape index (κ2) is 7.20. The first-order valence-electron chi connectivity index (χ1n) is 10.3. The Labute approximate surface area is 181 Å². The summed E-state index contributed by atoms with van der Waals surface area (Å²) in [6, 6.07) is 13.9. The van der Waals surface area contributed by atoms with Gasteiger partial charge in [0.05, 0.1) is 18.9 Å². The number of carbonyl (C=O) groups excluding carboxylic acids is 1. The van der Waals surface area contributed by atoms with Gasteiger partial charge in [0.25, 0.3) is 0 Å². The summed E-state index contributed by atoms with van der Waals surface area (Å²) in [5, 5.41) is 7.85. The van der Waals surface area contributed by atoms with E-state index < -0.39 is 5.72 Å². The molecule has 156 valence electrons. The summed E-state index contributed by atoms with van der Waals surface area (Å²) in [6.07, 6.45) is 2.10. The summed E-state index contributed by atoms with van der Waals surface area (Å²) < 4.78 is 12.3. The van der Waals surface area contributed by atoms with Gasteiger partial charge in [-0.3, -0.25) is 4.79 Å². The first-order chi connectivity index (χ1) is 14.5. The maximum absolute atomic E-state index is 11.9. The zero-order valence-electron chi connectivity index (χ0n) is 17.1. The van der Waals surface area contributed by atoms with Crippen LogP contribution in [0.1, 0.15) is 43.4 Å². The van der Waals surface area contributed by atoms with Crippen molar-refractivity contribution in [1.29, 1.82) is 0 Å². The van der Waals surface area contributed by atoms with Crippen molar-refractivity contribution in [2.45, 2.75) is 38.0 Å². The minimum absolute atomic E-state index is 0.0407. The van der Waals surface area contributed by atoms with Crippen molar-refractivity contribution in [3.05, 3.63) is 58.6 Å². The Morgan fingerprint density at radius 1 is 1.20 bits per heavy atom. The molecule has 1 unspecified atom stereocenters. The van der Waals surface area contributed by atoms with E-state index in [9.17, 15) is 4.79 Å². The van der Waals surface area contributed by atoms with Gasteiger partial charge in [-0.1, -0.05) is 41.9 Å². The van der Waals surface area contributed by atoms with E-state index in [4.69, 9.17) is 26.2 Å². The zero-order valence-corrected chi connectivity index (χ0v) is 17.9. The van der Waals surface area contributed by atoms with Crippen LogP contribution < -0.4 is 9.47 Å². The molecular formula is C23H24ClN3O3. The monoisotopic (exact) mass is 425 g/mol. The standard InChI is InChI=1S/C23H24ClN3O3/c1-15(28)26-12-10-23(11-13-26)27-20(17-7-5-9-21(29-2)22(17)30-23)14-19(25-27)16-6-3-4-8-18(16)24/h3-9,20H,10-14H2,1-2H3. The van der Waals surface area contributed by atoms with Crippen LogP contribution in [0.15, 0.2) is 47.6 Å². The van der Waals surface area contributed by atoms with Crippen molar-refractivity contribution < 1.29 is 14.3 Å². The van der Waals surface area contributed by atoms with E-state index in [0.29, 0.717) is 31.0 Å². The maximum Gasteiger partial charge on any atom is 0.219 e. The fourth-order valence-electron chi connectivity index (χ4n) is 4.79. The molecule has 1 fully saturated rings. The van der Waals surface area contributed by atoms with Gasteiger partial charge >= 0.3 is 0 Å². The van der Waals surface area contributed by atoms with E-state index >= 15 is 0 Å². The molecule has 1 saturated heterocycles. The van der Waals surface area contributed by atoms with Gasteiger partial charge < -0.3 is 14.4 Å². The van der Waals surface area contributed by atoms with Gasteiger partial charge in [-0.2, -0.15) is 5.10 Å². The van der Waals surface area contributed by atoms with Crippen LogP contribution >= 0.6 is 11.6 Å². The highest BCUT2D eigenvalue weighted by Crippen LogP contribution is 2.52. The number of halogens is 1. The van der Waals surface area contributed by atoms with Crippen molar-refractivity contribution in [3.63, 3.8) is 0 Å². The van der Waals surface area contributed by atoms with Crippen LogP contribution in [0.5, 0.6) is 11.5 Å². The number of likely N-dealkylation sites (tertiary alicyclic amines) is 1. The number of hydrogen-bond acceptors (Lipinski definition) is 5. The van der Waals surface area contributed by atoms with Crippen LogP contribution in [0.25, 0.3) is 0 Å². The topological polar surface area (TPSA) is 54.4 Å². The molecule has 3 heterocycles. The summed E-state index contributed by atoms with van der Waals surface area (Å²) in [4.78, 5) is 13.8. The third-order valence-corrected chi connectivity index (χ3v) is 6.71. The van der Waals surface area contributed by atoms with Crippen LogP contribution in [0, 0.1) is 0 Å². The number of ether oxygens (including phenoxy) is 2. The van der Waals surface area contributed by atoms with Crippen molar-refractivity contribution in [2.24, 2.45) is 5.10 Å². The third-order valence-electron chi connectivity index (χ3n) is 6.38. The van der Waals surface area contributed by atoms with Crippen molar-refractivity contribution in [3.8, 4) is 11.5 Å². The van der Waals surface area contributed by atoms with Gasteiger partial charge in [0.1, 0.15) is 0 Å². The largest absolute Gasteiger partial charge is 0.493 e. The predicted octanol–water partition coefficient (Wildman–Crippen LogP) is 4.23. The van der Waals surface area contributed by atoms with Crippen molar-refractivity contribution in [2.75, 3.05) is 20.2 Å². The predicted molar refractivity (Wildman–Crippen MR) is 115 cm³/mol. The van der Waals surface area contributed by atoms with E-state index in [1.165, 1.54) is 0 Å². The number of nitrogens with zero attached hydrogens (tertiary/aromatic N) is 3. The van der Waals surface area contributed by atoms with Crippen LogP contribution in [-0.4, -0.2) is 47.5 Å². The van der Waals surface area contributed by atoms with Gasteiger partial charge in [0.15, 0.2) is 11.5 Å². The minimum Gasteiger partial charge on any atom is -0.493 e. The number of methoxy groups -OCH3 is 1. The Bertz CT molecular complexity index is 1030. The lowest BCUT2D eigenvalue weighted by molar-refractivity contribution is -0.159. The van der Waals surface area contributed by atoms with E-state index in [0.717, 1.165) is 34.8 Å². The number of amides is 1. The zero-order chi connectivity index (χ0) is 20.9. The summed E-state index contributed by atoms with van der Waals surface area (Å²) >= 11 is 6.49. The lowest BCUT2D eigenvalue weighted by Crippen LogP contribution is -2.59. The molecule has 0 bridgehead atoms. The first-order valence-corrected chi connectivity index (χ1v) is 10.6. The van der Waals surface area contributed by atoms with Crippen LogP contribution in [0.2, 0.25) is 5.02 Å². The Morgan fingerprint density at radius 3 is 2.67 bits per heavy atom. The number of rotatable bonds is 2. The first kappa shape index (κ1) is 19.2. The van der Waals surface area contributed by atoms with Gasteiger partial charge in [0.2, 0.25) is 11.6 Å². The quantitative estimate of drug-likeness (QED) is 0.722. The van der Waals surface area contributed by atoms with E-state index in [1.54, 1.807) is 14.0 Å². The number of para-hydroxylation sites is 1. The Morgan fingerprint density at radius 2 is 1.97 bits per heavy atom. The van der Waals surface area contributed by atoms with Gasteiger partial charge in [-0.15, -0.1) is 0 Å². The van der Waals surface area contributed by atoms with Gasteiger partial charge in [0, 0.05) is 55.4 Å². The molecule has 1 amide bonds. The SMILES string of the molecule is COc1cccc2c1OC1(CCN(C(C)=O)CC1)N1N=C(c3ccccc3Cl)CC21. The second-order valence-corrected chi connectivity index (χ2v) is 8.43. The number of piperidine rings is 1. The van der Waals surface area contributed by atoms with Gasteiger partial charge in [-0.25, -0.2) is 5.01 Å². The Hall–Kier alpha value is -2.73. The highest BCUT2D eigenvalue weighted by atomic mass is 35.5. The fourth-order valence-corrected chi connectivity index (χ4v) is 5.03. The summed E-state index contributed by atoms with van der Waals surface area (Å²) in [7, 11) is 1.66. The highest BCUT2D eigenvalue weighted by Gasteiger charge is 2.52. The molecule has 0 aromatic heterocycles. The Balaban J connectivity index is 1.59. The highest BCUT2D eigenvalue weighted by molar-refractivity contribution is 6.34. The Kier molecular flexibility index (Phi) is 4.62. The molecule has 3 aliphatic rings. The molecule has 0 radical (unpaired) electrons. The van der Waals surface area contributed by atoms with Crippen molar-refractivity contribution >= 4 is 23.2 Å². The number of benzene rings is 2. The molecule has 1 atom stereocenters. The molecule has 2 aromatic rings. The van der Waals surface area contributed by atoms with E-state index in [2.05, 4.69) is 11.1 Å². The molecule has 30 heavy (non-hydrogen) atoms. The molecule has 2 aromatic carbocycles. The molecular weight excluding hydrogens is 402 g/mol. The average molecular weight is 426 g/mol. The van der Waals surface area contributed by atoms with Crippen LogP contribution in [0.4, 0.5) is 0 Å². The van der Waals surface area contributed by atoms with Crippen molar-refractivity contribution in [1.82, 2.24) is 9.91 Å². The molecule has 7 heteroatoms. The number of fused-ring (bicyclic) bond motifs is 4. The lowest BCUT2D eigenvalue weighted by atomic mass is 9.90. The van der Waals surface area contributed by atoms with E-state index in [-0.39, 0.29) is 11.9 Å². The number of hydrogen-bond donors (Lipinski definition) is 0. The molecule has 0 aliphatic carbocycles. The minimum atomic E-state index is -0.610. The lowest BCUT2D eigenvalue weighted by Gasteiger charge is -2.51. The molecule has 0 saturated carbocycles. The molecule has 3 aliphatic heterocycles. The molecule has 5 rings (SSSR count).